The third-order valence-electron chi connectivity index (χ3n) is 1.10. The molecule has 1 aliphatic rings. The van der Waals surface area contributed by atoms with Crippen LogP contribution in [0.1, 0.15) is 31.7 Å². The van der Waals surface area contributed by atoms with E-state index in [2.05, 4.69) is 4.74 Å². The molecular formula is C9H19NO. The Bertz CT molecular complexity index is 336. The Morgan fingerprint density at radius 2 is 1.91 bits per heavy atom. The molecule has 1 heterocycles. The van der Waals surface area contributed by atoms with Crippen molar-refractivity contribution in [3.63, 3.8) is 0 Å². The van der Waals surface area contributed by atoms with Gasteiger partial charge in [0.15, 0.2) is 0 Å². The molecule has 2 heteroatoms. The zero-order chi connectivity index (χ0) is 15.5. The van der Waals surface area contributed by atoms with Gasteiger partial charge in [-0.25, -0.2) is 0 Å². The van der Waals surface area contributed by atoms with Crippen molar-refractivity contribution in [2.24, 2.45) is 5.41 Å². The van der Waals surface area contributed by atoms with E-state index in [1.54, 1.807) is 20.8 Å². The van der Waals surface area contributed by atoms with Crippen molar-refractivity contribution in [3.8, 4) is 0 Å². The van der Waals surface area contributed by atoms with Crippen LogP contribution in [0.25, 0.3) is 0 Å². The lowest BCUT2D eigenvalue weighted by Gasteiger charge is -2.32. The molecule has 1 saturated heterocycles. The summed E-state index contributed by atoms with van der Waals surface area (Å²) in [6, 6.07) is 0. The SMILES string of the molecule is [2H]C1([2H])OC([2H])([2H])C([2H])([2H])N(CC(C)(C)C)C1([2H])[2H]. The molecule has 0 radical (unpaired) electrons. The number of rotatable bonds is 1. The quantitative estimate of drug-likeness (QED) is 0.582. The highest BCUT2D eigenvalue weighted by atomic mass is 16.5. The maximum atomic E-state index is 7.78. The Labute approximate surface area is 80.8 Å². The number of ether oxygens (including phenoxy) is 1. The van der Waals surface area contributed by atoms with Gasteiger partial charge in [0.1, 0.15) is 0 Å². The number of hydrogen-bond donors (Lipinski definition) is 0. The monoisotopic (exact) mass is 165 g/mol. The van der Waals surface area contributed by atoms with Gasteiger partial charge in [0, 0.05) is 25.0 Å². The number of morpholine rings is 1. The van der Waals surface area contributed by atoms with Crippen LogP contribution in [0.2, 0.25) is 0 Å². The summed E-state index contributed by atoms with van der Waals surface area (Å²) >= 11 is 0. The topological polar surface area (TPSA) is 12.5 Å². The van der Waals surface area contributed by atoms with E-state index in [1.165, 1.54) is 0 Å². The van der Waals surface area contributed by atoms with Crippen LogP contribution in [0.5, 0.6) is 0 Å². The Hall–Kier alpha value is -0.0800. The molecule has 0 atom stereocenters. The van der Waals surface area contributed by atoms with Gasteiger partial charge in [0.2, 0.25) is 0 Å². The lowest BCUT2D eigenvalue weighted by molar-refractivity contribution is 0.0236. The maximum Gasteiger partial charge on any atom is 0.0594 e. The second kappa shape index (κ2) is 3.55. The third kappa shape index (κ3) is 3.73. The predicted molar refractivity (Wildman–Crippen MR) is 46.7 cm³/mol. The van der Waals surface area contributed by atoms with Crippen LogP contribution < -0.4 is 0 Å². The Morgan fingerprint density at radius 3 is 2.36 bits per heavy atom. The van der Waals surface area contributed by atoms with Crippen molar-refractivity contribution in [2.75, 3.05) is 32.7 Å². The van der Waals surface area contributed by atoms with Crippen molar-refractivity contribution in [1.82, 2.24) is 4.90 Å². The molecule has 0 aliphatic carbocycles. The van der Waals surface area contributed by atoms with Crippen LogP contribution in [0.3, 0.4) is 0 Å². The van der Waals surface area contributed by atoms with Crippen molar-refractivity contribution in [2.45, 2.75) is 20.8 Å². The molecule has 1 aliphatic heterocycles. The summed E-state index contributed by atoms with van der Waals surface area (Å²) in [4.78, 5) is 0.573. The average Bonchev–Trinajstić information content (AvgIpc) is 2.08. The average molecular weight is 165 g/mol. The molecular weight excluding hydrogens is 138 g/mol. The van der Waals surface area contributed by atoms with Gasteiger partial charge in [-0.1, -0.05) is 20.8 Å². The van der Waals surface area contributed by atoms with E-state index in [1.807, 2.05) is 0 Å². The molecule has 0 aromatic rings. The van der Waals surface area contributed by atoms with Crippen LogP contribution in [-0.4, -0.2) is 37.6 Å². The minimum atomic E-state index is -2.95. The van der Waals surface area contributed by atoms with Gasteiger partial charge in [0.25, 0.3) is 0 Å². The zero-order valence-corrected chi connectivity index (χ0v) is 7.06. The van der Waals surface area contributed by atoms with Gasteiger partial charge >= 0.3 is 0 Å². The predicted octanol–water partition coefficient (Wildman–Crippen LogP) is 1.36. The number of nitrogens with zero attached hydrogens (tertiary/aromatic N) is 1. The van der Waals surface area contributed by atoms with Crippen LogP contribution in [-0.2, 0) is 4.74 Å². The van der Waals surface area contributed by atoms with E-state index >= 15 is 0 Å². The fourth-order valence-electron chi connectivity index (χ4n) is 0.763. The summed E-state index contributed by atoms with van der Waals surface area (Å²) < 4.78 is 65.6. The fraction of sp³-hybridized carbons (Fsp3) is 1.00. The molecule has 0 aromatic heterocycles. The smallest absolute Gasteiger partial charge is 0.0594 e. The highest BCUT2D eigenvalue weighted by Crippen LogP contribution is 2.15. The zero-order valence-electron chi connectivity index (χ0n) is 15.1. The molecule has 1 rings (SSSR count). The van der Waals surface area contributed by atoms with Gasteiger partial charge < -0.3 is 4.74 Å². The second-order valence-electron chi connectivity index (χ2n) is 3.68. The van der Waals surface area contributed by atoms with Crippen molar-refractivity contribution in [1.29, 1.82) is 0 Å². The highest BCUT2D eigenvalue weighted by Gasteiger charge is 2.17. The minimum absolute atomic E-state index is 0.157. The first-order valence-electron chi connectivity index (χ1n) is 7.53. The molecule has 2 nitrogen and oxygen atoms in total. The molecule has 11 heavy (non-hydrogen) atoms. The Morgan fingerprint density at radius 1 is 1.36 bits per heavy atom. The normalized spacial score (nSPS) is 51.2. The molecule has 0 spiro atoms. The van der Waals surface area contributed by atoms with Gasteiger partial charge in [0.05, 0.1) is 18.6 Å². The van der Waals surface area contributed by atoms with Crippen LogP contribution in [0.4, 0.5) is 0 Å². The summed E-state index contributed by atoms with van der Waals surface area (Å²) in [6.07, 6.45) is 0. The van der Waals surface area contributed by atoms with Crippen molar-refractivity contribution in [3.05, 3.63) is 0 Å². The van der Waals surface area contributed by atoms with Crippen LogP contribution in [0.15, 0.2) is 0 Å². The standard InChI is InChI=1S/C9H19NO/c1-9(2,3)8-10-4-6-11-7-5-10/h4-8H2,1-3H3/i4D2,5D2,6D2,7D2. The summed E-state index contributed by atoms with van der Waals surface area (Å²) in [7, 11) is 0. The largest absolute Gasteiger partial charge is 0.379 e. The molecule has 1 fully saturated rings. The second-order valence-corrected chi connectivity index (χ2v) is 3.68. The molecule has 0 unspecified atom stereocenters. The summed E-state index contributed by atoms with van der Waals surface area (Å²) in [5.41, 5.74) is -0.538. The lowest BCUT2D eigenvalue weighted by atomic mass is 9.96. The molecule has 66 valence electrons. The first-order chi connectivity index (χ1) is 8.05. The van der Waals surface area contributed by atoms with E-state index in [-0.39, 0.29) is 6.54 Å². The van der Waals surface area contributed by atoms with Gasteiger partial charge in [-0.3, -0.25) is 4.90 Å². The third-order valence-corrected chi connectivity index (χ3v) is 1.10. The summed E-state index contributed by atoms with van der Waals surface area (Å²) in [5.74, 6) is 0. The van der Waals surface area contributed by atoms with Gasteiger partial charge in [-0.05, 0) is 5.41 Å². The van der Waals surface area contributed by atoms with Gasteiger partial charge in [-0.2, -0.15) is 0 Å². The van der Waals surface area contributed by atoms with Crippen molar-refractivity contribution >= 4 is 0 Å². The molecule has 0 amide bonds. The van der Waals surface area contributed by atoms with Gasteiger partial charge in [-0.15, -0.1) is 0 Å². The number of hydrogen-bond acceptors (Lipinski definition) is 2. The molecule has 0 aromatic carbocycles. The lowest BCUT2D eigenvalue weighted by Crippen LogP contribution is -2.41. The maximum absolute atomic E-state index is 7.78. The van der Waals surface area contributed by atoms with Crippen LogP contribution in [0, 0.1) is 5.41 Å². The molecule has 0 saturated carbocycles. The van der Waals surface area contributed by atoms with Crippen LogP contribution >= 0.6 is 0 Å². The van der Waals surface area contributed by atoms with E-state index in [0.29, 0.717) is 4.90 Å². The summed E-state index contributed by atoms with van der Waals surface area (Å²) in [5, 5.41) is 0. The van der Waals surface area contributed by atoms with E-state index < -0.39 is 31.5 Å². The van der Waals surface area contributed by atoms with E-state index in [4.69, 9.17) is 11.0 Å². The minimum Gasteiger partial charge on any atom is -0.379 e. The fourth-order valence-corrected chi connectivity index (χ4v) is 0.763. The Balaban J connectivity index is 3.33. The van der Waals surface area contributed by atoms with Crippen molar-refractivity contribution < 1.29 is 15.7 Å². The van der Waals surface area contributed by atoms with E-state index in [9.17, 15) is 0 Å². The highest BCUT2D eigenvalue weighted by molar-refractivity contribution is 4.70. The molecule has 0 N–H and O–H groups in total. The first-order valence-corrected chi connectivity index (χ1v) is 3.53. The molecule has 0 bridgehead atoms. The van der Waals surface area contributed by atoms with E-state index in [0.717, 1.165) is 0 Å². The first kappa shape index (κ1) is 3.00. The Kier molecular flexibility index (Phi) is 0.968. The summed E-state index contributed by atoms with van der Waals surface area (Å²) in [6.45, 7) is -6.42.